The molecule has 0 saturated carbocycles. The van der Waals surface area contributed by atoms with Crippen LogP contribution in [0.15, 0.2) is 102 Å². The molecule has 2 aliphatic rings. The molecule has 416 valence electrons. The first kappa shape index (κ1) is 58.3. The van der Waals surface area contributed by atoms with Crippen LogP contribution < -0.4 is 16.0 Å². The SMILES string of the molecule is Cc1ncsc1-c1ccc(CNC(=O)[C@@H]2C[C@@H](O)CN2C(=O)[C@@H](NC(=O)CCCCOCCOCCOCCNC(=O)c2ccc(Cc3ncc4c(n3)-c3ccc(Cl)cc3C(c3c(F)cccc3F)=NC4)cc2)C(C)(C)C)cc1. The van der Waals surface area contributed by atoms with Crippen molar-refractivity contribution in [2.45, 2.75) is 91.1 Å². The normalized spacial score (nSPS) is 15.4. The number of carbonyl (C=O) groups is 4. The Balaban J connectivity index is 0.672. The number of aliphatic hydroxyl groups is 1. The number of β-amino-alcohol motifs (C(OH)–C–C–N with tert-alkyl or cyclic N) is 1. The van der Waals surface area contributed by atoms with Gasteiger partial charge in [0.15, 0.2) is 0 Å². The molecule has 20 heteroatoms. The average molecular weight is 1120 g/mol. The summed E-state index contributed by atoms with van der Waals surface area (Å²) in [6.07, 6.45) is 2.63. The minimum Gasteiger partial charge on any atom is -0.391 e. The van der Waals surface area contributed by atoms with Crippen LogP contribution in [0.25, 0.3) is 21.7 Å². The second-order valence-electron chi connectivity index (χ2n) is 20.5. The number of nitrogens with zero attached hydrogens (tertiary/aromatic N) is 5. The quantitative estimate of drug-likeness (QED) is 0.0425. The van der Waals surface area contributed by atoms with E-state index in [2.05, 4.69) is 30.9 Å². The van der Waals surface area contributed by atoms with Gasteiger partial charge in [-0.05, 0) is 78.3 Å². The molecule has 4 aromatic carbocycles. The Morgan fingerprint density at radius 2 is 1.54 bits per heavy atom. The molecule has 4 N–H and O–H groups in total. The summed E-state index contributed by atoms with van der Waals surface area (Å²) < 4.78 is 46.8. The third-order valence-electron chi connectivity index (χ3n) is 13.5. The summed E-state index contributed by atoms with van der Waals surface area (Å²) >= 11 is 7.93. The highest BCUT2D eigenvalue weighted by atomic mass is 35.5. The van der Waals surface area contributed by atoms with Crippen LogP contribution in [-0.4, -0.2) is 125 Å². The Kier molecular flexibility index (Phi) is 20.2. The number of likely N-dealkylation sites (tertiary alicyclic amines) is 1. The average Bonchev–Trinajstić information content (AvgIpc) is 4.13. The number of aliphatic imine (C=N–C) groups is 1. The topological polar surface area (TPSA) is 207 Å². The number of carbonyl (C=O) groups excluding carboxylic acids is 4. The van der Waals surface area contributed by atoms with Gasteiger partial charge in [-0.3, -0.25) is 24.2 Å². The maximum absolute atomic E-state index is 15.0. The third-order valence-corrected chi connectivity index (χ3v) is 14.7. The molecule has 0 bridgehead atoms. The van der Waals surface area contributed by atoms with Crippen LogP contribution in [0.1, 0.15) is 96.1 Å². The van der Waals surface area contributed by atoms with Crippen LogP contribution in [0.3, 0.4) is 0 Å². The molecular formula is C59H65ClF2N8O8S. The Bertz CT molecular complexity index is 3120. The molecule has 79 heavy (non-hydrogen) atoms. The molecule has 16 nitrogen and oxygen atoms in total. The number of amides is 4. The van der Waals surface area contributed by atoms with Crippen molar-refractivity contribution in [3.05, 3.63) is 158 Å². The van der Waals surface area contributed by atoms with Gasteiger partial charge < -0.3 is 40.2 Å². The Labute approximate surface area is 467 Å². The van der Waals surface area contributed by atoms with Crippen molar-refractivity contribution in [1.82, 2.24) is 35.8 Å². The van der Waals surface area contributed by atoms with E-state index in [0.29, 0.717) is 104 Å². The van der Waals surface area contributed by atoms with E-state index in [9.17, 15) is 33.1 Å². The summed E-state index contributed by atoms with van der Waals surface area (Å²) in [5, 5.41) is 19.7. The first-order valence-electron chi connectivity index (χ1n) is 26.3. The highest BCUT2D eigenvalue weighted by Crippen LogP contribution is 2.35. The second-order valence-corrected chi connectivity index (χ2v) is 21.8. The standard InChI is InChI=1S/C59H65ClF2N8O8S/c1-36-54(79-35-67-36)39-15-13-38(14-16-39)31-66-57(74)48-30-43(71)34-70(48)58(75)55(59(2,3)4)69-50(72)10-5-6-22-76-24-26-78-27-25-77-23-21-63-56(73)40-17-11-37(12-18-40)28-49-64-32-41-33-65-53(51-46(61)8-7-9-47(51)62)45-29-42(60)19-20-44(45)52(41)68-49/h7-9,11-20,29,32,35,43,48,55,71H,5-6,10,21-28,30-31,33-34H2,1-4H3,(H,63,73)(H,66,74)(H,69,72)/t43-,48+,55-/m1/s1. The maximum Gasteiger partial charge on any atom is 0.251 e. The third kappa shape index (κ3) is 15.5. The fourth-order valence-corrected chi connectivity index (χ4v) is 10.3. The number of rotatable bonds is 24. The number of aromatic nitrogens is 3. The number of halogens is 3. The van der Waals surface area contributed by atoms with Gasteiger partial charge in [0.2, 0.25) is 17.7 Å². The summed E-state index contributed by atoms with van der Waals surface area (Å²) in [5.41, 5.74) is 7.69. The molecule has 2 aromatic heterocycles. The number of hydrogen-bond donors (Lipinski definition) is 4. The molecule has 0 spiro atoms. The minimum atomic E-state index is -0.909. The van der Waals surface area contributed by atoms with Gasteiger partial charge in [-0.1, -0.05) is 80.9 Å². The van der Waals surface area contributed by atoms with Crippen LogP contribution >= 0.6 is 22.9 Å². The van der Waals surface area contributed by atoms with Crippen LogP contribution in [0.4, 0.5) is 8.78 Å². The molecule has 2 aliphatic heterocycles. The number of ether oxygens (including phenoxy) is 3. The van der Waals surface area contributed by atoms with E-state index in [1.54, 1.807) is 47.9 Å². The first-order valence-corrected chi connectivity index (χ1v) is 27.6. The number of hydrogen-bond acceptors (Lipinski definition) is 13. The monoisotopic (exact) mass is 1120 g/mol. The van der Waals surface area contributed by atoms with Gasteiger partial charge in [-0.25, -0.2) is 23.7 Å². The number of benzene rings is 4. The Morgan fingerprint density at radius 3 is 2.24 bits per heavy atom. The van der Waals surface area contributed by atoms with Crippen LogP contribution in [0.2, 0.25) is 5.02 Å². The Hall–Kier alpha value is -6.87. The van der Waals surface area contributed by atoms with Crippen molar-refractivity contribution in [2.75, 3.05) is 52.7 Å². The van der Waals surface area contributed by atoms with Crippen molar-refractivity contribution in [3.63, 3.8) is 0 Å². The first-order chi connectivity index (χ1) is 38.0. The number of thiazole rings is 1. The molecule has 3 atom stereocenters. The largest absolute Gasteiger partial charge is 0.391 e. The fraction of sp³-hybridized carbons (Fsp3) is 0.390. The van der Waals surface area contributed by atoms with Crippen molar-refractivity contribution >= 4 is 52.3 Å². The molecule has 0 unspecified atom stereocenters. The zero-order chi connectivity index (χ0) is 56.1. The van der Waals surface area contributed by atoms with E-state index >= 15 is 0 Å². The molecule has 1 saturated heterocycles. The molecule has 0 radical (unpaired) electrons. The van der Waals surface area contributed by atoms with Crippen molar-refractivity contribution < 1.29 is 47.3 Å². The highest BCUT2D eigenvalue weighted by Gasteiger charge is 2.44. The summed E-state index contributed by atoms with van der Waals surface area (Å²) in [6.45, 7) is 10.3. The number of aryl methyl sites for hydroxylation is 1. The number of unbranched alkanes of at least 4 members (excludes halogenated alkanes) is 1. The van der Waals surface area contributed by atoms with E-state index in [-0.39, 0.29) is 61.5 Å². The smallest absolute Gasteiger partial charge is 0.251 e. The number of aliphatic hydroxyl groups excluding tert-OH is 1. The lowest BCUT2D eigenvalue weighted by Gasteiger charge is -2.35. The van der Waals surface area contributed by atoms with Crippen molar-refractivity contribution in [3.8, 4) is 21.7 Å². The van der Waals surface area contributed by atoms with Crippen molar-refractivity contribution in [1.29, 1.82) is 0 Å². The van der Waals surface area contributed by atoms with Crippen molar-refractivity contribution in [2.24, 2.45) is 10.4 Å². The summed E-state index contributed by atoms with van der Waals surface area (Å²) in [5.74, 6) is -2.25. The van der Waals surface area contributed by atoms with Gasteiger partial charge in [0.1, 0.15) is 29.5 Å². The highest BCUT2D eigenvalue weighted by molar-refractivity contribution is 7.13. The maximum atomic E-state index is 15.0. The fourth-order valence-electron chi connectivity index (χ4n) is 9.32. The lowest BCUT2D eigenvalue weighted by molar-refractivity contribution is -0.144. The molecule has 8 rings (SSSR count). The number of nitrogens with one attached hydrogen (secondary N) is 3. The molecule has 6 aromatic rings. The predicted octanol–water partition coefficient (Wildman–Crippen LogP) is 8.21. The van der Waals surface area contributed by atoms with Gasteiger partial charge >= 0.3 is 0 Å². The molecule has 4 amide bonds. The van der Waals surface area contributed by atoms with E-state index in [0.717, 1.165) is 27.3 Å². The number of fused-ring (bicyclic) bond motifs is 3. The molecule has 4 heterocycles. The molecule has 1 fully saturated rings. The lowest BCUT2D eigenvalue weighted by atomic mass is 9.85. The van der Waals surface area contributed by atoms with E-state index in [1.165, 1.54) is 23.1 Å². The van der Waals surface area contributed by atoms with Gasteiger partial charge in [0.05, 0.1) is 78.7 Å². The molecule has 0 aliphatic carbocycles. The molecular weight excluding hydrogens is 1050 g/mol. The lowest BCUT2D eigenvalue weighted by Crippen LogP contribution is -2.57. The van der Waals surface area contributed by atoms with E-state index in [1.807, 2.05) is 69.6 Å². The van der Waals surface area contributed by atoms with Crippen LogP contribution in [0.5, 0.6) is 0 Å². The van der Waals surface area contributed by atoms with Gasteiger partial charge in [-0.2, -0.15) is 0 Å². The Morgan fingerprint density at radius 1 is 0.848 bits per heavy atom. The van der Waals surface area contributed by atoms with Gasteiger partial charge in [0, 0.05) is 79.0 Å². The van der Waals surface area contributed by atoms with E-state index < -0.39 is 41.1 Å². The second kappa shape index (κ2) is 27.3. The van der Waals surface area contributed by atoms with E-state index in [4.69, 9.17) is 30.8 Å². The van der Waals surface area contributed by atoms with Crippen LogP contribution in [0, 0.1) is 24.0 Å². The van der Waals surface area contributed by atoms with Crippen LogP contribution in [-0.2, 0) is 48.1 Å². The minimum absolute atomic E-state index is 0.00362. The summed E-state index contributed by atoms with van der Waals surface area (Å²) in [4.78, 5) is 74.2. The summed E-state index contributed by atoms with van der Waals surface area (Å²) in [7, 11) is 0. The predicted molar refractivity (Wildman–Crippen MR) is 298 cm³/mol. The van der Waals surface area contributed by atoms with Gasteiger partial charge in [0.25, 0.3) is 5.91 Å². The zero-order valence-corrected chi connectivity index (χ0v) is 46.2. The summed E-state index contributed by atoms with van der Waals surface area (Å²) in [6, 6.07) is 22.0. The zero-order valence-electron chi connectivity index (χ0n) is 44.7. The van der Waals surface area contributed by atoms with Gasteiger partial charge in [-0.15, -0.1) is 11.3 Å².